The van der Waals surface area contributed by atoms with Gasteiger partial charge in [-0.25, -0.2) is 53.9 Å². The lowest BCUT2D eigenvalue weighted by molar-refractivity contribution is -0.129. The molecule has 10 rings (SSSR count). The second-order valence-electron chi connectivity index (χ2n) is 20.2. The first kappa shape index (κ1) is 59.7. The third-order valence-electron chi connectivity index (χ3n) is 15.2. The molecule has 0 radical (unpaired) electrons. The summed E-state index contributed by atoms with van der Waals surface area (Å²) in [7, 11) is 0. The summed E-state index contributed by atoms with van der Waals surface area (Å²) < 4.78 is 121. The molecule has 13 nitrogen and oxygen atoms in total. The predicted molar refractivity (Wildman–Crippen MR) is 276 cm³/mol. The number of likely N-dealkylation sites (tertiary alicyclic amines) is 2. The molecule has 5 amide bonds. The average molecular weight is 1120 g/mol. The number of para-hydroxylation sites is 1. The third-order valence-corrected chi connectivity index (χ3v) is 15.2. The quantitative estimate of drug-likeness (QED) is 0.133. The molecule has 6 fully saturated rings. The van der Waals surface area contributed by atoms with Crippen LogP contribution in [-0.4, -0.2) is 83.1 Å². The summed E-state index contributed by atoms with van der Waals surface area (Å²) in [6.45, 7) is 1.57. The maximum Gasteiger partial charge on any atom is 0.417 e. The number of anilines is 3. The van der Waals surface area contributed by atoms with E-state index in [0.717, 1.165) is 107 Å². The number of carbonyl (C=O) groups is 6. The van der Waals surface area contributed by atoms with Gasteiger partial charge in [0, 0.05) is 91.8 Å². The Bertz CT molecular complexity index is 2660. The molecule has 4 aromatic carbocycles. The molecule has 6 atom stereocenters. The molecule has 4 aromatic rings. The van der Waals surface area contributed by atoms with Crippen LogP contribution in [0, 0.1) is 35.2 Å². The molecular weight excluding hydrogens is 1050 g/mol. The van der Waals surface area contributed by atoms with Crippen molar-refractivity contribution in [2.24, 2.45) is 17.8 Å². The smallest absolute Gasteiger partial charge is 0.410 e. The molecule has 3 saturated carbocycles. The fourth-order valence-electron chi connectivity index (χ4n) is 11.2. The van der Waals surface area contributed by atoms with Gasteiger partial charge >= 0.3 is 18.2 Å². The van der Waals surface area contributed by atoms with E-state index in [0.29, 0.717) is 49.4 Å². The third kappa shape index (κ3) is 16.1. The zero-order chi connectivity index (χ0) is 56.8. The van der Waals surface area contributed by atoms with Crippen LogP contribution < -0.4 is 26.0 Å². The van der Waals surface area contributed by atoms with Crippen LogP contribution in [-0.2, 0) is 14.4 Å². The fraction of sp³-hybridized carbons (Fsp3) is 0.474. The Kier molecular flexibility index (Phi) is 21.3. The minimum absolute atomic E-state index is 0.0302. The van der Waals surface area contributed by atoms with Crippen LogP contribution in [0.1, 0.15) is 132 Å². The monoisotopic (exact) mass is 1110 g/mol. The number of ketones is 3. The van der Waals surface area contributed by atoms with Gasteiger partial charge in [0.1, 0.15) is 40.6 Å². The molecule has 0 aromatic heterocycles. The van der Waals surface area contributed by atoms with Crippen LogP contribution in [0.2, 0.25) is 0 Å². The largest absolute Gasteiger partial charge is 0.417 e. The average Bonchev–Trinajstić information content (AvgIpc) is 3.45. The molecule has 6 aliphatic rings. The zero-order valence-electron chi connectivity index (χ0n) is 43.2. The molecule has 79 heavy (non-hydrogen) atoms. The number of nitrogens with zero attached hydrogens (tertiary/aromatic N) is 2. The Balaban J connectivity index is 0.000000157. The van der Waals surface area contributed by atoms with Crippen molar-refractivity contribution < 1.29 is 73.0 Å². The van der Waals surface area contributed by atoms with E-state index in [9.17, 15) is 68.3 Å². The van der Waals surface area contributed by atoms with Crippen molar-refractivity contribution in [1.82, 2.24) is 15.1 Å². The predicted octanol–water partition coefficient (Wildman–Crippen LogP) is 13.7. The number of urea groups is 2. The maximum atomic E-state index is 13.3. The number of ether oxygens (including phenoxy) is 1. The normalized spacial score (nSPS) is 22.6. The highest BCUT2D eigenvalue weighted by Crippen LogP contribution is 2.36. The van der Waals surface area contributed by atoms with E-state index in [1.807, 2.05) is 0 Å². The Labute approximate surface area is 451 Å². The summed E-state index contributed by atoms with van der Waals surface area (Å²) in [4.78, 5) is 75.3. The van der Waals surface area contributed by atoms with Crippen molar-refractivity contribution in [2.75, 3.05) is 35.6 Å². The number of benzene rings is 4. The number of hydrogen-bond acceptors (Lipinski definition) is 8. The van der Waals surface area contributed by atoms with Crippen molar-refractivity contribution in [1.29, 1.82) is 0 Å². The van der Waals surface area contributed by atoms with Crippen LogP contribution in [0.3, 0.4) is 0 Å². The van der Waals surface area contributed by atoms with E-state index >= 15 is 0 Å². The number of amides is 5. The first-order valence-electron chi connectivity index (χ1n) is 26.6. The molecule has 22 heteroatoms. The van der Waals surface area contributed by atoms with Crippen molar-refractivity contribution in [3.63, 3.8) is 0 Å². The van der Waals surface area contributed by atoms with Gasteiger partial charge in [-0.05, 0) is 105 Å². The lowest BCUT2D eigenvalue weighted by atomic mass is 9.77. The molecular formula is C57H63F9N6O7. The fourth-order valence-corrected chi connectivity index (χ4v) is 11.2. The minimum Gasteiger partial charge on any atom is -0.410 e. The van der Waals surface area contributed by atoms with Gasteiger partial charge in [0.2, 0.25) is 0 Å². The molecule has 426 valence electrons. The van der Waals surface area contributed by atoms with E-state index in [2.05, 4.69) is 21.3 Å². The Hall–Kier alpha value is -6.97. The number of piperidine rings is 3. The first-order valence-corrected chi connectivity index (χ1v) is 26.6. The number of rotatable bonds is 7. The molecule has 0 spiro atoms. The molecule has 0 bridgehead atoms. The van der Waals surface area contributed by atoms with Gasteiger partial charge in [-0.15, -0.1) is 0 Å². The molecule has 3 heterocycles. The van der Waals surface area contributed by atoms with Crippen LogP contribution >= 0.6 is 0 Å². The number of Topliss-reactive ketones (excluding diaryl/α,β-unsaturated/α-hetero) is 3. The van der Waals surface area contributed by atoms with Crippen molar-refractivity contribution in [3.05, 3.63) is 119 Å². The molecule has 3 saturated heterocycles. The minimum atomic E-state index is -2.96. The highest BCUT2D eigenvalue weighted by molar-refractivity contribution is 5.93. The highest BCUT2D eigenvalue weighted by atomic mass is 19.3. The summed E-state index contributed by atoms with van der Waals surface area (Å²) >= 11 is 0. The van der Waals surface area contributed by atoms with E-state index in [4.69, 9.17) is 4.74 Å². The molecule has 4 N–H and O–H groups in total. The maximum absolute atomic E-state index is 13.3. The van der Waals surface area contributed by atoms with E-state index < -0.39 is 71.6 Å². The van der Waals surface area contributed by atoms with Gasteiger partial charge in [0.05, 0.1) is 16.7 Å². The van der Waals surface area contributed by atoms with Crippen LogP contribution in [0.15, 0.2) is 84.9 Å². The van der Waals surface area contributed by atoms with Gasteiger partial charge in [-0.1, -0.05) is 56.7 Å². The van der Waals surface area contributed by atoms with Gasteiger partial charge in [-0.3, -0.25) is 19.7 Å². The lowest BCUT2D eigenvalue weighted by Gasteiger charge is -2.42. The van der Waals surface area contributed by atoms with Crippen molar-refractivity contribution in [2.45, 2.75) is 134 Å². The zero-order valence-corrected chi connectivity index (χ0v) is 43.2. The number of fused-ring (bicyclic) bond motifs is 3. The summed E-state index contributed by atoms with van der Waals surface area (Å²) in [5.41, 5.74) is -1.97. The van der Waals surface area contributed by atoms with Crippen molar-refractivity contribution >= 4 is 52.6 Å². The number of nitrogens with one attached hydrogen (secondary N) is 4. The van der Waals surface area contributed by atoms with E-state index in [-0.39, 0.29) is 52.5 Å². The lowest BCUT2D eigenvalue weighted by Crippen LogP contribution is -2.54. The van der Waals surface area contributed by atoms with Crippen LogP contribution in [0.4, 0.5) is 71.0 Å². The van der Waals surface area contributed by atoms with Gasteiger partial charge < -0.3 is 30.5 Å². The number of hydrogen-bond donors (Lipinski definition) is 4. The summed E-state index contributed by atoms with van der Waals surface area (Å²) in [5, 5.41) is 10.8. The summed E-state index contributed by atoms with van der Waals surface area (Å²) in [6.07, 6.45) is 3.65. The van der Waals surface area contributed by atoms with Gasteiger partial charge in [0.25, 0.3) is 19.3 Å². The summed E-state index contributed by atoms with van der Waals surface area (Å²) in [6, 6.07) is 16.8. The summed E-state index contributed by atoms with van der Waals surface area (Å²) in [5.74, 6) is -1.69. The van der Waals surface area contributed by atoms with Gasteiger partial charge in [0.15, 0.2) is 0 Å². The number of halogens is 9. The topological polar surface area (TPSA) is 166 Å². The van der Waals surface area contributed by atoms with E-state index in [1.165, 1.54) is 37.5 Å². The highest BCUT2D eigenvalue weighted by Gasteiger charge is 2.42. The second-order valence-corrected chi connectivity index (χ2v) is 20.2. The Morgan fingerprint density at radius 2 is 0.886 bits per heavy atom. The van der Waals surface area contributed by atoms with Crippen molar-refractivity contribution in [3.8, 4) is 5.75 Å². The molecule has 3 aliphatic heterocycles. The van der Waals surface area contributed by atoms with E-state index in [1.54, 1.807) is 40.1 Å². The van der Waals surface area contributed by atoms with Crippen LogP contribution in [0.5, 0.6) is 5.75 Å². The standard InChI is InChI=1S/2C17H19F3N2O2.C14H10F3NO2.C9H15NO/c2*18-13-6-5-10(9-12(13)16(19)20)21-17(24)22-8-7-15(23)11-3-1-2-4-14(11)22;15-12-7-6-9(8-11(12)13(16)17)18-14(19)20-10-4-2-1-3-5-10;11-9-5-6-10-8-4-2-1-3-7(8)9/h2*5-6,9,11,14,16H,1-4,7-8H2,(H,21,24);1-8,13H,(H,18,19);7-8,10H,1-6H2/t11-,14+;11-,14-;;/m00../s1. The Morgan fingerprint density at radius 1 is 0.494 bits per heavy atom. The van der Waals surface area contributed by atoms with Crippen LogP contribution in [0.25, 0.3) is 0 Å². The molecule has 2 unspecified atom stereocenters. The first-order chi connectivity index (χ1) is 37.9. The second kappa shape index (κ2) is 28.3. The SMILES string of the molecule is O=C(Nc1ccc(F)c(C(F)F)c1)Oc1ccccc1.O=C1CCN(C(=O)Nc2ccc(F)c(C(F)F)c2)[C@@H]2CCCC[C@H]12.O=C1CCN(C(=O)Nc2ccc(F)c(C(F)F)c2)[C@H]2CCCC[C@H]12.O=C1CCNC2CCCCC12. The number of carbonyl (C=O) groups excluding carboxylic acids is 6. The molecule has 3 aliphatic carbocycles. The van der Waals surface area contributed by atoms with Gasteiger partial charge in [-0.2, -0.15) is 0 Å². The number of alkyl halides is 6. The Morgan fingerprint density at radius 3 is 1.32 bits per heavy atom.